The molecule has 1 amide bonds. The average Bonchev–Trinajstić information content (AvgIpc) is 3.34. The van der Waals surface area contributed by atoms with Crippen LogP contribution in [0, 0.1) is 0 Å². The minimum atomic E-state index is -0.444. The van der Waals surface area contributed by atoms with E-state index in [2.05, 4.69) is 0 Å². The van der Waals surface area contributed by atoms with Crippen molar-refractivity contribution in [2.45, 2.75) is 20.0 Å². The van der Waals surface area contributed by atoms with E-state index in [4.69, 9.17) is 16.3 Å². The summed E-state index contributed by atoms with van der Waals surface area (Å²) in [6.45, 7) is 2.42. The molecule has 0 spiro atoms. The number of amides is 1. The van der Waals surface area contributed by atoms with E-state index in [1.807, 2.05) is 78.5 Å². The van der Waals surface area contributed by atoms with Gasteiger partial charge in [-0.1, -0.05) is 41.9 Å². The molecule has 6 nitrogen and oxygen atoms in total. The monoisotopic (exact) mass is 449 g/mol. The van der Waals surface area contributed by atoms with Gasteiger partial charge in [0, 0.05) is 24.0 Å². The Kier molecular flexibility index (Phi) is 6.32. The summed E-state index contributed by atoms with van der Waals surface area (Å²) in [5.74, 6) is -0.585. The first-order valence-corrected chi connectivity index (χ1v) is 10.8. The minimum absolute atomic E-state index is 0.00411. The normalized spacial score (nSPS) is 11.0. The highest BCUT2D eigenvalue weighted by Gasteiger charge is 2.23. The van der Waals surface area contributed by atoms with E-state index in [1.54, 1.807) is 22.5 Å². The van der Waals surface area contributed by atoms with Crippen molar-refractivity contribution in [1.29, 1.82) is 0 Å². The lowest BCUT2D eigenvalue weighted by Crippen LogP contribution is -2.34. The van der Waals surface area contributed by atoms with Gasteiger partial charge in [-0.25, -0.2) is 4.79 Å². The molecule has 7 heteroatoms. The Morgan fingerprint density at radius 2 is 1.72 bits per heavy atom. The van der Waals surface area contributed by atoms with Crippen LogP contribution in [-0.2, 0) is 29.7 Å². The van der Waals surface area contributed by atoms with E-state index in [-0.39, 0.29) is 19.1 Å². The van der Waals surface area contributed by atoms with Gasteiger partial charge in [-0.3, -0.25) is 4.79 Å². The number of nitrogens with zero attached hydrogens (tertiary/aromatic N) is 3. The van der Waals surface area contributed by atoms with Crippen LogP contribution in [0.25, 0.3) is 11.0 Å². The molecule has 0 saturated heterocycles. The van der Waals surface area contributed by atoms with Crippen LogP contribution < -0.4 is 4.90 Å². The van der Waals surface area contributed by atoms with Crippen molar-refractivity contribution in [2.24, 2.45) is 7.05 Å². The van der Waals surface area contributed by atoms with Crippen LogP contribution in [0.2, 0.25) is 5.02 Å². The molecule has 0 saturated carbocycles. The zero-order valence-electron chi connectivity index (χ0n) is 18.0. The zero-order chi connectivity index (χ0) is 22.7. The molecule has 164 valence electrons. The van der Waals surface area contributed by atoms with Gasteiger partial charge in [-0.05, 0) is 48.9 Å². The third-order valence-electron chi connectivity index (χ3n) is 5.35. The summed E-state index contributed by atoms with van der Waals surface area (Å²) in [6, 6.07) is 20.6. The molecule has 0 unspecified atom stereocenters. The van der Waals surface area contributed by atoms with E-state index in [0.29, 0.717) is 17.3 Å². The number of halogens is 1. The van der Waals surface area contributed by atoms with Crippen LogP contribution in [0.15, 0.2) is 72.9 Å². The molecule has 4 rings (SSSR count). The van der Waals surface area contributed by atoms with Crippen LogP contribution in [-0.4, -0.2) is 27.6 Å². The smallest absolute Gasteiger partial charge is 0.355 e. The second-order valence-electron chi connectivity index (χ2n) is 7.48. The Morgan fingerprint density at radius 3 is 2.41 bits per heavy atom. The van der Waals surface area contributed by atoms with Gasteiger partial charge in [-0.15, -0.1) is 0 Å². The van der Waals surface area contributed by atoms with E-state index in [9.17, 15) is 9.59 Å². The largest absolute Gasteiger partial charge is 0.461 e. The molecule has 0 aliphatic rings. The number of aryl methyl sites for hydroxylation is 1. The van der Waals surface area contributed by atoms with Gasteiger partial charge in [0.05, 0.1) is 24.2 Å². The van der Waals surface area contributed by atoms with Crippen molar-refractivity contribution in [3.8, 4) is 0 Å². The number of carbonyl (C=O) groups excluding carboxylic acids is 2. The van der Waals surface area contributed by atoms with Gasteiger partial charge >= 0.3 is 5.97 Å². The lowest BCUT2D eigenvalue weighted by molar-refractivity contribution is -0.119. The van der Waals surface area contributed by atoms with Crippen LogP contribution in [0.3, 0.4) is 0 Å². The molecular formula is C25H24ClN3O3. The summed E-state index contributed by atoms with van der Waals surface area (Å²) < 4.78 is 8.88. The Hall–Kier alpha value is -3.51. The molecule has 2 aromatic heterocycles. The Bertz CT molecular complexity index is 1240. The number of esters is 1. The first-order valence-electron chi connectivity index (χ1n) is 10.4. The number of aromatic nitrogens is 2. The van der Waals surface area contributed by atoms with Crippen molar-refractivity contribution in [3.63, 3.8) is 0 Å². The molecule has 0 radical (unpaired) electrons. The first kappa shape index (κ1) is 21.7. The summed E-state index contributed by atoms with van der Waals surface area (Å²) in [4.78, 5) is 27.9. The van der Waals surface area contributed by atoms with Gasteiger partial charge in [0.2, 0.25) is 5.91 Å². The Morgan fingerprint density at radius 1 is 1.00 bits per heavy atom. The van der Waals surface area contributed by atoms with Crippen LogP contribution in [0.4, 0.5) is 5.69 Å². The summed E-state index contributed by atoms with van der Waals surface area (Å²) in [5.41, 5.74) is 3.77. The minimum Gasteiger partial charge on any atom is -0.461 e. The van der Waals surface area contributed by atoms with Gasteiger partial charge in [-0.2, -0.15) is 0 Å². The molecule has 0 aliphatic heterocycles. The second-order valence-corrected chi connectivity index (χ2v) is 7.91. The van der Waals surface area contributed by atoms with Crippen LogP contribution in [0.5, 0.6) is 0 Å². The molecule has 0 bridgehead atoms. The molecule has 0 atom stereocenters. The summed E-state index contributed by atoms with van der Waals surface area (Å²) >= 11 is 6.02. The molecule has 32 heavy (non-hydrogen) atoms. The molecule has 0 fully saturated rings. The average molecular weight is 450 g/mol. The fourth-order valence-corrected chi connectivity index (χ4v) is 3.86. The highest BCUT2D eigenvalue weighted by Crippen LogP contribution is 2.24. The molecular weight excluding hydrogens is 426 g/mol. The standard InChI is InChI=1S/C25H24ClN3O3/c1-3-32-25(31)23-15-22-21(13-14-27(22)2)29(23)17-24(30)28(20-7-5-4-6-8-20)16-18-9-11-19(26)12-10-18/h4-15H,3,16-17H2,1-2H3. The molecule has 2 heterocycles. The molecule has 2 aromatic carbocycles. The lowest BCUT2D eigenvalue weighted by Gasteiger charge is -2.24. The van der Waals surface area contributed by atoms with Crippen molar-refractivity contribution in [3.05, 3.63) is 89.2 Å². The van der Waals surface area contributed by atoms with E-state index < -0.39 is 5.97 Å². The predicted octanol–water partition coefficient (Wildman–Crippen LogP) is 5.04. The highest BCUT2D eigenvalue weighted by molar-refractivity contribution is 6.30. The summed E-state index contributed by atoms with van der Waals surface area (Å²) in [6.07, 6.45) is 1.91. The van der Waals surface area contributed by atoms with Crippen LogP contribution in [0.1, 0.15) is 23.0 Å². The summed E-state index contributed by atoms with van der Waals surface area (Å²) in [7, 11) is 1.90. The van der Waals surface area contributed by atoms with Gasteiger partial charge < -0.3 is 18.8 Å². The van der Waals surface area contributed by atoms with Crippen molar-refractivity contribution in [2.75, 3.05) is 11.5 Å². The highest BCUT2D eigenvalue weighted by atomic mass is 35.5. The first-order chi connectivity index (χ1) is 15.5. The number of fused-ring (bicyclic) bond motifs is 1. The predicted molar refractivity (Wildman–Crippen MR) is 126 cm³/mol. The van der Waals surface area contributed by atoms with Crippen molar-refractivity contribution >= 4 is 40.2 Å². The van der Waals surface area contributed by atoms with Gasteiger partial charge in [0.15, 0.2) is 0 Å². The van der Waals surface area contributed by atoms with Crippen molar-refractivity contribution < 1.29 is 14.3 Å². The maximum absolute atomic E-state index is 13.6. The lowest BCUT2D eigenvalue weighted by atomic mass is 10.2. The number of para-hydroxylation sites is 1. The number of ether oxygens (including phenoxy) is 1. The number of hydrogen-bond donors (Lipinski definition) is 0. The number of carbonyl (C=O) groups is 2. The fraction of sp³-hybridized carbons (Fsp3) is 0.200. The number of hydrogen-bond acceptors (Lipinski definition) is 3. The third-order valence-corrected chi connectivity index (χ3v) is 5.61. The molecule has 0 N–H and O–H groups in total. The van der Waals surface area contributed by atoms with Gasteiger partial charge in [0.25, 0.3) is 0 Å². The summed E-state index contributed by atoms with van der Waals surface area (Å²) in [5, 5.41) is 0.643. The fourth-order valence-electron chi connectivity index (χ4n) is 3.74. The topological polar surface area (TPSA) is 56.5 Å². The van der Waals surface area contributed by atoms with E-state index in [0.717, 1.165) is 22.3 Å². The quantitative estimate of drug-likeness (QED) is 0.371. The Balaban J connectivity index is 1.70. The molecule has 4 aromatic rings. The number of anilines is 1. The Labute approximate surface area is 191 Å². The maximum Gasteiger partial charge on any atom is 0.355 e. The third kappa shape index (κ3) is 4.41. The van der Waals surface area contributed by atoms with Crippen molar-refractivity contribution in [1.82, 2.24) is 9.13 Å². The zero-order valence-corrected chi connectivity index (χ0v) is 18.7. The van der Waals surface area contributed by atoms with E-state index >= 15 is 0 Å². The second kappa shape index (κ2) is 9.32. The van der Waals surface area contributed by atoms with E-state index in [1.165, 1.54) is 0 Å². The maximum atomic E-state index is 13.6. The van der Waals surface area contributed by atoms with Crippen LogP contribution >= 0.6 is 11.6 Å². The van der Waals surface area contributed by atoms with Gasteiger partial charge in [0.1, 0.15) is 12.2 Å². The SMILES string of the molecule is CCOC(=O)c1cc2c(ccn2C)n1CC(=O)N(Cc1ccc(Cl)cc1)c1ccccc1. The molecule has 0 aliphatic carbocycles. The number of rotatable bonds is 7. The number of benzene rings is 2.